The van der Waals surface area contributed by atoms with Crippen LogP contribution < -0.4 is 14.8 Å². The summed E-state index contributed by atoms with van der Waals surface area (Å²) in [5, 5.41) is 5.37. The molecule has 0 bridgehead atoms. The van der Waals surface area contributed by atoms with E-state index in [-0.39, 0.29) is 11.5 Å². The summed E-state index contributed by atoms with van der Waals surface area (Å²) in [6, 6.07) is 9.23. The third kappa shape index (κ3) is 6.99. The van der Waals surface area contributed by atoms with E-state index in [1.807, 2.05) is 20.0 Å². The highest BCUT2D eigenvalue weighted by atomic mass is 32.1. The van der Waals surface area contributed by atoms with Crippen molar-refractivity contribution in [1.82, 2.24) is 10.2 Å². The lowest BCUT2D eigenvalue weighted by Crippen LogP contribution is -2.40. The zero-order chi connectivity index (χ0) is 20.4. The third-order valence-corrected chi connectivity index (χ3v) is 5.01. The summed E-state index contributed by atoms with van der Waals surface area (Å²) in [5.74, 6) is 1.16. The molecule has 2 rings (SSSR count). The predicted octanol–water partition coefficient (Wildman–Crippen LogP) is 4.04. The van der Waals surface area contributed by atoms with Gasteiger partial charge in [0.05, 0.1) is 7.11 Å². The molecule has 2 aromatic rings. The first-order valence-corrected chi connectivity index (χ1v) is 10.0. The van der Waals surface area contributed by atoms with Gasteiger partial charge in [-0.05, 0) is 48.9 Å². The Hall–Kier alpha value is -2.35. The first-order chi connectivity index (χ1) is 13.5. The van der Waals surface area contributed by atoms with E-state index in [2.05, 4.69) is 37.5 Å². The Balaban J connectivity index is 1.96. The fourth-order valence-electron chi connectivity index (χ4n) is 2.66. The quantitative estimate of drug-likeness (QED) is 0.473. The van der Waals surface area contributed by atoms with Crippen LogP contribution in [0, 0.1) is 0 Å². The maximum absolute atomic E-state index is 12.6. The van der Waals surface area contributed by atoms with Gasteiger partial charge in [0.2, 0.25) is 0 Å². The van der Waals surface area contributed by atoms with Crippen LogP contribution in [0.5, 0.6) is 11.5 Å². The van der Waals surface area contributed by atoms with Gasteiger partial charge in [0.1, 0.15) is 0 Å². The fraction of sp³-hybridized carbons (Fsp3) is 0.450. The third-order valence-electron chi connectivity index (χ3n) is 4.08. The van der Waals surface area contributed by atoms with Crippen molar-refractivity contribution < 1.29 is 18.3 Å². The number of methoxy groups -OCH3 is 1. The number of ether oxygens (including phenoxy) is 2. The summed E-state index contributed by atoms with van der Waals surface area (Å²) in [7, 11) is 3.43. The van der Waals surface area contributed by atoms with Crippen molar-refractivity contribution in [3.05, 3.63) is 46.2 Å². The maximum atomic E-state index is 12.6. The van der Waals surface area contributed by atoms with Gasteiger partial charge in [-0.15, -0.1) is 11.3 Å². The van der Waals surface area contributed by atoms with E-state index in [1.165, 1.54) is 12.0 Å². The fourth-order valence-corrected chi connectivity index (χ4v) is 3.36. The molecule has 0 unspecified atom stereocenters. The Kier molecular flexibility index (Phi) is 9.00. The van der Waals surface area contributed by atoms with E-state index in [4.69, 9.17) is 4.74 Å². The Bertz CT molecular complexity index is 739. The summed E-state index contributed by atoms with van der Waals surface area (Å²) in [6.45, 7) is 1.31. The Morgan fingerprint density at radius 2 is 2.07 bits per heavy atom. The highest BCUT2D eigenvalue weighted by Gasteiger charge is 2.11. The summed E-state index contributed by atoms with van der Waals surface area (Å²) in [5.41, 5.74) is 0.859. The van der Waals surface area contributed by atoms with Gasteiger partial charge in [-0.2, -0.15) is 8.78 Å². The zero-order valence-corrected chi connectivity index (χ0v) is 17.3. The molecule has 1 N–H and O–H groups in total. The molecule has 1 aromatic heterocycles. The molecule has 0 aliphatic heterocycles. The van der Waals surface area contributed by atoms with Crippen molar-refractivity contribution in [1.29, 1.82) is 0 Å². The average Bonchev–Trinajstić information content (AvgIpc) is 3.19. The number of rotatable bonds is 10. The number of hydrogen-bond acceptors (Lipinski definition) is 4. The van der Waals surface area contributed by atoms with E-state index >= 15 is 0 Å². The molecule has 0 saturated carbocycles. The lowest BCUT2D eigenvalue weighted by molar-refractivity contribution is -0.0512. The van der Waals surface area contributed by atoms with Crippen molar-refractivity contribution >= 4 is 17.3 Å². The molecular formula is C20H27F2N3O2S. The molecule has 1 heterocycles. The van der Waals surface area contributed by atoms with Gasteiger partial charge >= 0.3 is 6.61 Å². The van der Waals surface area contributed by atoms with Crippen LogP contribution in [0.1, 0.15) is 17.4 Å². The number of benzene rings is 1. The lowest BCUT2D eigenvalue weighted by Gasteiger charge is -2.21. The zero-order valence-electron chi connectivity index (χ0n) is 16.5. The average molecular weight is 412 g/mol. The van der Waals surface area contributed by atoms with E-state index < -0.39 is 6.61 Å². The summed E-state index contributed by atoms with van der Waals surface area (Å²) >= 11 is 1.75. The molecule has 5 nitrogen and oxygen atoms in total. The number of nitrogens with zero attached hydrogens (tertiary/aromatic N) is 2. The van der Waals surface area contributed by atoms with Crippen LogP contribution in [0.4, 0.5) is 8.78 Å². The highest BCUT2D eigenvalue weighted by molar-refractivity contribution is 7.09. The van der Waals surface area contributed by atoms with Crippen molar-refractivity contribution in [3.8, 4) is 11.5 Å². The first-order valence-electron chi connectivity index (χ1n) is 9.17. The van der Waals surface area contributed by atoms with Gasteiger partial charge in [0.15, 0.2) is 17.5 Å². The first kappa shape index (κ1) is 21.9. The number of halogens is 2. The van der Waals surface area contributed by atoms with Gasteiger partial charge in [-0.1, -0.05) is 12.1 Å². The number of guanidine groups is 1. The van der Waals surface area contributed by atoms with Crippen LogP contribution in [-0.2, 0) is 12.8 Å². The van der Waals surface area contributed by atoms with Gasteiger partial charge < -0.3 is 19.7 Å². The van der Waals surface area contributed by atoms with E-state index in [9.17, 15) is 8.78 Å². The van der Waals surface area contributed by atoms with Gasteiger partial charge in [-0.3, -0.25) is 4.99 Å². The molecule has 0 amide bonds. The Labute approximate surface area is 169 Å². The molecule has 0 aliphatic carbocycles. The molecule has 0 atom stereocenters. The molecule has 0 aliphatic rings. The minimum Gasteiger partial charge on any atom is -0.493 e. The molecule has 0 spiro atoms. The maximum Gasteiger partial charge on any atom is 0.387 e. The molecule has 8 heteroatoms. The number of nitrogens with one attached hydrogen (secondary N) is 1. The van der Waals surface area contributed by atoms with Gasteiger partial charge in [0, 0.05) is 31.6 Å². The number of alkyl halides is 2. The number of thiophene rings is 1. The van der Waals surface area contributed by atoms with Crippen LogP contribution in [0.3, 0.4) is 0 Å². The highest BCUT2D eigenvalue weighted by Crippen LogP contribution is 2.29. The largest absolute Gasteiger partial charge is 0.493 e. The van der Waals surface area contributed by atoms with E-state index in [0.717, 1.165) is 31.0 Å². The predicted molar refractivity (Wildman–Crippen MR) is 110 cm³/mol. The minimum atomic E-state index is -2.89. The summed E-state index contributed by atoms with van der Waals surface area (Å²) in [6.07, 6.45) is 1.57. The van der Waals surface area contributed by atoms with Crippen LogP contribution in [-0.4, -0.2) is 51.3 Å². The Morgan fingerprint density at radius 3 is 2.71 bits per heavy atom. The number of likely N-dealkylation sites (N-methyl/N-ethyl adjacent to an activating group) is 1. The normalized spacial score (nSPS) is 11.6. The second-order valence-corrected chi connectivity index (χ2v) is 7.13. The lowest BCUT2D eigenvalue weighted by atomic mass is 10.1. The number of aliphatic imine (C=N–C) groups is 1. The van der Waals surface area contributed by atoms with Gasteiger partial charge in [0.25, 0.3) is 0 Å². The number of hydrogen-bond donors (Lipinski definition) is 1. The smallest absolute Gasteiger partial charge is 0.387 e. The van der Waals surface area contributed by atoms with Crippen LogP contribution in [0.15, 0.2) is 40.7 Å². The van der Waals surface area contributed by atoms with E-state index in [1.54, 1.807) is 23.5 Å². The van der Waals surface area contributed by atoms with Crippen molar-refractivity contribution in [2.45, 2.75) is 26.4 Å². The van der Waals surface area contributed by atoms with Crippen LogP contribution in [0.2, 0.25) is 0 Å². The van der Waals surface area contributed by atoms with Gasteiger partial charge in [-0.25, -0.2) is 0 Å². The van der Waals surface area contributed by atoms with Crippen molar-refractivity contribution in [3.63, 3.8) is 0 Å². The monoisotopic (exact) mass is 411 g/mol. The molecule has 0 fully saturated rings. The molecule has 1 aromatic carbocycles. The second kappa shape index (κ2) is 11.5. The molecule has 0 radical (unpaired) electrons. The van der Waals surface area contributed by atoms with Crippen LogP contribution >= 0.6 is 11.3 Å². The standard InChI is InChI=1S/C20H27F2N3O2S/c1-4-23-20(25(2)12-10-16-6-5-13-28-16)24-11-9-15-7-8-17(26-3)18(14-15)27-19(21)22/h5-8,13-14,19H,4,9-12H2,1-3H3,(H,23,24). The van der Waals surface area contributed by atoms with Crippen molar-refractivity contribution in [2.75, 3.05) is 33.8 Å². The summed E-state index contributed by atoms with van der Waals surface area (Å²) < 4.78 is 34.7. The minimum absolute atomic E-state index is 0.0407. The van der Waals surface area contributed by atoms with Crippen LogP contribution in [0.25, 0.3) is 0 Å². The SMILES string of the molecule is CCNC(=NCCc1ccc(OC)c(OC(F)F)c1)N(C)CCc1cccs1. The molecule has 154 valence electrons. The molecule has 0 saturated heterocycles. The van der Waals surface area contributed by atoms with Crippen molar-refractivity contribution in [2.24, 2.45) is 4.99 Å². The second-order valence-electron chi connectivity index (χ2n) is 6.10. The Morgan fingerprint density at radius 1 is 1.25 bits per heavy atom. The summed E-state index contributed by atoms with van der Waals surface area (Å²) in [4.78, 5) is 8.10. The molecular weight excluding hydrogens is 384 g/mol. The molecule has 28 heavy (non-hydrogen) atoms. The topological polar surface area (TPSA) is 46.1 Å². The van der Waals surface area contributed by atoms with E-state index in [0.29, 0.717) is 13.0 Å².